The van der Waals surface area contributed by atoms with Crippen LogP contribution in [0.3, 0.4) is 0 Å². The molecule has 1 atom stereocenters. The molecule has 0 amide bonds. The van der Waals surface area contributed by atoms with Crippen molar-refractivity contribution in [2.45, 2.75) is 45.8 Å². The quantitative estimate of drug-likeness (QED) is 0.785. The van der Waals surface area contributed by atoms with Crippen molar-refractivity contribution in [2.75, 3.05) is 19.8 Å². The van der Waals surface area contributed by atoms with Crippen LogP contribution in [0.5, 0.6) is 0 Å². The first kappa shape index (κ1) is 17.7. The van der Waals surface area contributed by atoms with Gasteiger partial charge in [-0.25, -0.2) is 4.79 Å². The maximum absolute atomic E-state index is 12.6. The van der Waals surface area contributed by atoms with Crippen LogP contribution in [-0.2, 0) is 19.8 Å². The molecule has 4 heteroatoms. The van der Waals surface area contributed by atoms with Crippen LogP contribution in [0.2, 0.25) is 0 Å². The third-order valence-corrected chi connectivity index (χ3v) is 3.09. The zero-order valence-corrected chi connectivity index (χ0v) is 13.7. The van der Waals surface area contributed by atoms with Gasteiger partial charge in [0.1, 0.15) is 0 Å². The molecule has 4 nitrogen and oxygen atoms in total. The lowest BCUT2D eigenvalue weighted by Crippen LogP contribution is -2.54. The van der Waals surface area contributed by atoms with Gasteiger partial charge in [0.25, 0.3) is 0 Å². The van der Waals surface area contributed by atoms with Crippen molar-refractivity contribution < 1.29 is 14.3 Å². The summed E-state index contributed by atoms with van der Waals surface area (Å²) >= 11 is 0. The molecule has 0 aliphatic rings. The van der Waals surface area contributed by atoms with Crippen molar-refractivity contribution in [2.24, 2.45) is 0 Å². The van der Waals surface area contributed by atoms with Crippen LogP contribution in [0.15, 0.2) is 30.3 Å². The van der Waals surface area contributed by atoms with Crippen LogP contribution in [0.4, 0.5) is 0 Å². The van der Waals surface area contributed by atoms with Gasteiger partial charge in [0.15, 0.2) is 5.54 Å². The number of esters is 1. The summed E-state index contributed by atoms with van der Waals surface area (Å²) in [5.74, 6) is -0.303. The monoisotopic (exact) mass is 293 g/mol. The van der Waals surface area contributed by atoms with Gasteiger partial charge in [0, 0.05) is 0 Å². The molecule has 0 saturated carbocycles. The van der Waals surface area contributed by atoms with E-state index in [0.717, 1.165) is 5.56 Å². The van der Waals surface area contributed by atoms with Crippen molar-refractivity contribution in [3.8, 4) is 0 Å². The predicted molar refractivity (Wildman–Crippen MR) is 84.1 cm³/mol. The molecule has 0 spiro atoms. The van der Waals surface area contributed by atoms with Crippen molar-refractivity contribution in [3.63, 3.8) is 0 Å². The van der Waals surface area contributed by atoms with Crippen LogP contribution in [0.25, 0.3) is 0 Å². The maximum atomic E-state index is 12.6. The Bertz CT molecular complexity index is 439. The van der Waals surface area contributed by atoms with Gasteiger partial charge in [-0.05, 0) is 39.8 Å². The van der Waals surface area contributed by atoms with E-state index in [-0.39, 0.29) is 18.2 Å². The smallest absolute Gasteiger partial charge is 0.333 e. The Morgan fingerprint density at radius 1 is 1.14 bits per heavy atom. The lowest BCUT2D eigenvalue weighted by molar-refractivity contribution is -0.157. The Morgan fingerprint density at radius 3 is 2.24 bits per heavy atom. The highest BCUT2D eigenvalue weighted by atomic mass is 16.5. The molecule has 118 valence electrons. The lowest BCUT2D eigenvalue weighted by atomic mass is 9.90. The second-order valence-corrected chi connectivity index (χ2v) is 5.92. The molecule has 1 aromatic rings. The highest BCUT2D eigenvalue weighted by molar-refractivity contribution is 5.83. The molecule has 0 bridgehead atoms. The summed E-state index contributed by atoms with van der Waals surface area (Å²) in [6.45, 7) is 10.9. The lowest BCUT2D eigenvalue weighted by Gasteiger charge is -2.35. The van der Waals surface area contributed by atoms with E-state index in [1.165, 1.54) is 0 Å². The molecule has 1 unspecified atom stereocenters. The van der Waals surface area contributed by atoms with E-state index in [4.69, 9.17) is 9.47 Å². The Kier molecular flexibility index (Phi) is 6.37. The number of carbonyl (C=O) groups is 1. The average Bonchev–Trinajstić information content (AvgIpc) is 2.44. The van der Waals surface area contributed by atoms with Gasteiger partial charge < -0.3 is 9.47 Å². The maximum Gasteiger partial charge on any atom is 0.333 e. The third kappa shape index (κ3) is 4.83. The molecule has 0 aliphatic carbocycles. The molecule has 0 fully saturated rings. The summed E-state index contributed by atoms with van der Waals surface area (Å²) in [7, 11) is 0. The number of likely N-dealkylation sites (N-methyl/N-ethyl adjacent to an activating group) is 1. The van der Waals surface area contributed by atoms with Crippen molar-refractivity contribution in [3.05, 3.63) is 35.9 Å². The summed E-state index contributed by atoms with van der Waals surface area (Å²) in [4.78, 5) is 12.6. The highest BCUT2D eigenvalue weighted by Gasteiger charge is 2.42. The summed E-state index contributed by atoms with van der Waals surface area (Å²) in [5.41, 5.74) is -0.448. The van der Waals surface area contributed by atoms with Gasteiger partial charge in [-0.3, -0.25) is 5.32 Å². The minimum atomic E-state index is -0.973. The first-order chi connectivity index (χ1) is 9.85. The van der Waals surface area contributed by atoms with Crippen LogP contribution >= 0.6 is 0 Å². The van der Waals surface area contributed by atoms with Crippen LogP contribution in [-0.4, -0.2) is 31.3 Å². The molecule has 21 heavy (non-hydrogen) atoms. The molecule has 1 aromatic carbocycles. The predicted octanol–water partition coefficient (Wildman–Crippen LogP) is 2.87. The van der Waals surface area contributed by atoms with Gasteiger partial charge in [-0.2, -0.15) is 0 Å². The molecule has 1 N–H and O–H groups in total. The van der Waals surface area contributed by atoms with Crippen LogP contribution < -0.4 is 5.32 Å². The van der Waals surface area contributed by atoms with Gasteiger partial charge in [-0.15, -0.1) is 0 Å². The molecule has 0 aliphatic heterocycles. The second kappa shape index (κ2) is 7.57. The summed E-state index contributed by atoms with van der Waals surface area (Å²) in [6, 6.07) is 9.60. The summed E-state index contributed by atoms with van der Waals surface area (Å²) in [6.07, 6.45) is 0. The van der Waals surface area contributed by atoms with Crippen molar-refractivity contribution >= 4 is 5.97 Å². The highest BCUT2D eigenvalue weighted by Crippen LogP contribution is 2.26. The number of rotatable bonds is 7. The standard InChI is InChI=1S/C17H27NO3/c1-6-18-17(15(19)20-7-2,13-21-16(3,4)5)14-11-9-8-10-12-14/h8-12,18H,6-7,13H2,1-5H3. The van der Waals surface area contributed by atoms with Gasteiger partial charge in [0.05, 0.1) is 18.8 Å². The minimum absolute atomic E-state index is 0.229. The minimum Gasteiger partial charge on any atom is -0.464 e. The van der Waals surface area contributed by atoms with Gasteiger partial charge >= 0.3 is 5.97 Å². The zero-order chi connectivity index (χ0) is 15.9. The Hall–Kier alpha value is -1.39. The summed E-state index contributed by atoms with van der Waals surface area (Å²) < 4.78 is 11.2. The number of benzene rings is 1. The van der Waals surface area contributed by atoms with Gasteiger partial charge in [-0.1, -0.05) is 37.3 Å². The average molecular weight is 293 g/mol. The Balaban J connectivity index is 3.19. The molecule has 0 heterocycles. The number of nitrogens with one attached hydrogen (secondary N) is 1. The molecule has 0 radical (unpaired) electrons. The fourth-order valence-electron chi connectivity index (χ4n) is 2.09. The first-order valence-electron chi connectivity index (χ1n) is 7.47. The third-order valence-electron chi connectivity index (χ3n) is 3.09. The topological polar surface area (TPSA) is 47.6 Å². The molecular formula is C17H27NO3. The van der Waals surface area contributed by atoms with Crippen LogP contribution in [0.1, 0.15) is 40.2 Å². The van der Waals surface area contributed by atoms with Crippen molar-refractivity contribution in [1.82, 2.24) is 5.32 Å². The fourth-order valence-corrected chi connectivity index (χ4v) is 2.09. The second-order valence-electron chi connectivity index (χ2n) is 5.92. The fraction of sp³-hybridized carbons (Fsp3) is 0.588. The van der Waals surface area contributed by atoms with E-state index in [9.17, 15) is 4.79 Å². The van der Waals surface area contributed by atoms with Crippen LogP contribution in [0, 0.1) is 0 Å². The molecular weight excluding hydrogens is 266 g/mol. The molecule has 0 saturated heterocycles. The van der Waals surface area contributed by atoms with E-state index in [0.29, 0.717) is 13.2 Å². The largest absolute Gasteiger partial charge is 0.464 e. The van der Waals surface area contributed by atoms with E-state index in [2.05, 4.69) is 5.32 Å². The zero-order valence-electron chi connectivity index (χ0n) is 13.7. The van der Waals surface area contributed by atoms with E-state index in [1.807, 2.05) is 65.0 Å². The number of carbonyl (C=O) groups excluding carboxylic acids is 1. The number of hydrogen-bond donors (Lipinski definition) is 1. The first-order valence-corrected chi connectivity index (χ1v) is 7.47. The number of hydrogen-bond acceptors (Lipinski definition) is 4. The normalized spacial score (nSPS) is 14.5. The molecule has 0 aromatic heterocycles. The SMILES string of the molecule is CCNC(COC(C)(C)C)(C(=O)OCC)c1ccccc1. The number of ether oxygens (including phenoxy) is 2. The van der Waals surface area contributed by atoms with E-state index >= 15 is 0 Å². The van der Waals surface area contributed by atoms with E-state index in [1.54, 1.807) is 0 Å². The summed E-state index contributed by atoms with van der Waals surface area (Å²) in [5, 5.41) is 3.27. The Morgan fingerprint density at radius 2 is 1.76 bits per heavy atom. The van der Waals surface area contributed by atoms with Crippen molar-refractivity contribution in [1.29, 1.82) is 0 Å². The van der Waals surface area contributed by atoms with Gasteiger partial charge in [0.2, 0.25) is 0 Å². The molecule has 1 rings (SSSR count). The Labute approximate surface area is 127 Å². The van der Waals surface area contributed by atoms with E-state index < -0.39 is 5.54 Å².